The predicted octanol–water partition coefficient (Wildman–Crippen LogP) is 1.50. The topological polar surface area (TPSA) is 85.8 Å². The van der Waals surface area contributed by atoms with Gasteiger partial charge in [0.25, 0.3) is 5.91 Å². The Morgan fingerprint density at radius 2 is 2.27 bits per heavy atom. The molecule has 120 valence electrons. The van der Waals surface area contributed by atoms with Crippen LogP contribution >= 0.6 is 24.8 Å². The standard InChI is InChI=1S/C14H17N5O.2ClH/c15-5-7-19-9-11(8-17-19)14(20)18-12-4-3-10-2-1-6-16-13(10)12;;/h1-2,6,8-9,12H,3-5,7,15H2,(H,18,20);2*1H. The van der Waals surface area contributed by atoms with Crippen LogP contribution in [-0.2, 0) is 13.0 Å². The quantitative estimate of drug-likeness (QED) is 0.880. The molecule has 0 bridgehead atoms. The molecule has 0 saturated carbocycles. The van der Waals surface area contributed by atoms with Crippen LogP contribution in [0, 0.1) is 0 Å². The Hall–Kier alpha value is -1.63. The largest absolute Gasteiger partial charge is 0.344 e. The molecular formula is C14H19Cl2N5O. The molecule has 3 N–H and O–H groups in total. The summed E-state index contributed by atoms with van der Waals surface area (Å²) in [5.74, 6) is -0.114. The number of halogens is 2. The number of pyridine rings is 1. The van der Waals surface area contributed by atoms with Crippen molar-refractivity contribution in [2.24, 2.45) is 5.73 Å². The fraction of sp³-hybridized carbons (Fsp3) is 0.357. The number of rotatable bonds is 4. The Bertz CT molecular complexity index is 631. The highest BCUT2D eigenvalue weighted by Gasteiger charge is 2.25. The molecule has 2 aromatic rings. The Balaban J connectivity index is 0.00000121. The van der Waals surface area contributed by atoms with Crippen LogP contribution in [0.3, 0.4) is 0 Å². The maximum absolute atomic E-state index is 12.2. The van der Waals surface area contributed by atoms with Crippen molar-refractivity contribution in [3.63, 3.8) is 0 Å². The van der Waals surface area contributed by atoms with Crippen LogP contribution in [0.15, 0.2) is 30.7 Å². The highest BCUT2D eigenvalue weighted by Crippen LogP contribution is 2.28. The van der Waals surface area contributed by atoms with Gasteiger partial charge in [-0.1, -0.05) is 6.07 Å². The minimum atomic E-state index is -0.114. The van der Waals surface area contributed by atoms with E-state index in [4.69, 9.17) is 5.73 Å². The maximum atomic E-state index is 12.2. The summed E-state index contributed by atoms with van der Waals surface area (Å²) in [7, 11) is 0. The molecule has 1 amide bonds. The highest BCUT2D eigenvalue weighted by molar-refractivity contribution is 5.94. The second kappa shape index (κ2) is 8.12. The summed E-state index contributed by atoms with van der Waals surface area (Å²) in [6.07, 6.45) is 6.91. The molecule has 1 atom stereocenters. The molecule has 1 aliphatic rings. The number of hydrogen-bond acceptors (Lipinski definition) is 4. The number of carbonyl (C=O) groups is 1. The Labute approximate surface area is 141 Å². The average Bonchev–Trinajstić information content (AvgIpc) is 3.07. The second-order valence-corrected chi connectivity index (χ2v) is 4.89. The summed E-state index contributed by atoms with van der Waals surface area (Å²) in [6, 6.07) is 3.99. The van der Waals surface area contributed by atoms with Gasteiger partial charge in [0, 0.05) is 18.9 Å². The lowest BCUT2D eigenvalue weighted by molar-refractivity contribution is 0.0936. The summed E-state index contributed by atoms with van der Waals surface area (Å²) in [5, 5.41) is 7.13. The molecule has 0 aliphatic heterocycles. The number of aryl methyl sites for hydroxylation is 1. The van der Waals surface area contributed by atoms with E-state index >= 15 is 0 Å². The molecule has 0 saturated heterocycles. The molecule has 22 heavy (non-hydrogen) atoms. The number of fused-ring (bicyclic) bond motifs is 1. The van der Waals surface area contributed by atoms with E-state index in [-0.39, 0.29) is 36.8 Å². The molecule has 0 aromatic carbocycles. The van der Waals surface area contributed by atoms with Crippen LogP contribution in [0.5, 0.6) is 0 Å². The predicted molar refractivity (Wildman–Crippen MR) is 88.5 cm³/mol. The van der Waals surface area contributed by atoms with Crippen LogP contribution in [-0.4, -0.2) is 27.2 Å². The van der Waals surface area contributed by atoms with E-state index < -0.39 is 0 Å². The fourth-order valence-corrected chi connectivity index (χ4v) is 2.53. The van der Waals surface area contributed by atoms with Gasteiger partial charge in [-0.05, 0) is 24.5 Å². The molecule has 2 aromatic heterocycles. The lowest BCUT2D eigenvalue weighted by atomic mass is 10.2. The Kier molecular flexibility index (Phi) is 6.80. The molecule has 1 unspecified atom stereocenters. The Morgan fingerprint density at radius 3 is 3.05 bits per heavy atom. The smallest absolute Gasteiger partial charge is 0.255 e. The van der Waals surface area contributed by atoms with Gasteiger partial charge < -0.3 is 11.1 Å². The third-order valence-corrected chi connectivity index (χ3v) is 3.52. The molecule has 1 aliphatic carbocycles. The van der Waals surface area contributed by atoms with Crippen LogP contribution in [0.1, 0.15) is 34.1 Å². The van der Waals surface area contributed by atoms with E-state index in [9.17, 15) is 4.79 Å². The van der Waals surface area contributed by atoms with Crippen molar-refractivity contribution in [3.05, 3.63) is 47.5 Å². The van der Waals surface area contributed by atoms with E-state index in [1.165, 1.54) is 5.56 Å². The third kappa shape index (κ3) is 3.76. The molecule has 8 heteroatoms. The van der Waals surface area contributed by atoms with Gasteiger partial charge in [-0.15, -0.1) is 24.8 Å². The van der Waals surface area contributed by atoms with Gasteiger partial charge in [-0.2, -0.15) is 5.10 Å². The first kappa shape index (κ1) is 18.4. The van der Waals surface area contributed by atoms with Gasteiger partial charge in [-0.25, -0.2) is 0 Å². The van der Waals surface area contributed by atoms with E-state index in [2.05, 4.69) is 21.5 Å². The number of aromatic nitrogens is 3. The third-order valence-electron chi connectivity index (χ3n) is 3.52. The van der Waals surface area contributed by atoms with Crippen molar-refractivity contribution in [1.29, 1.82) is 0 Å². The summed E-state index contributed by atoms with van der Waals surface area (Å²) in [6.45, 7) is 1.11. The van der Waals surface area contributed by atoms with Crippen molar-refractivity contribution in [3.8, 4) is 0 Å². The van der Waals surface area contributed by atoms with Crippen molar-refractivity contribution in [2.45, 2.75) is 25.4 Å². The number of amides is 1. The maximum Gasteiger partial charge on any atom is 0.255 e. The van der Waals surface area contributed by atoms with Crippen molar-refractivity contribution < 1.29 is 4.79 Å². The first-order valence-corrected chi connectivity index (χ1v) is 6.75. The van der Waals surface area contributed by atoms with Crippen LogP contribution in [0.2, 0.25) is 0 Å². The number of hydrogen-bond donors (Lipinski definition) is 2. The minimum absolute atomic E-state index is 0. The summed E-state index contributed by atoms with van der Waals surface area (Å²) in [4.78, 5) is 16.6. The van der Waals surface area contributed by atoms with Crippen molar-refractivity contribution >= 4 is 30.7 Å². The molecule has 6 nitrogen and oxygen atoms in total. The molecule has 2 heterocycles. The zero-order valence-electron chi connectivity index (χ0n) is 11.9. The molecule has 0 radical (unpaired) electrons. The van der Waals surface area contributed by atoms with Gasteiger partial charge in [0.1, 0.15) is 0 Å². The first-order chi connectivity index (χ1) is 9.78. The first-order valence-electron chi connectivity index (χ1n) is 6.75. The molecule has 0 fully saturated rings. The number of nitrogens with two attached hydrogens (primary N) is 1. The average molecular weight is 344 g/mol. The Morgan fingerprint density at radius 1 is 1.45 bits per heavy atom. The second-order valence-electron chi connectivity index (χ2n) is 4.89. The van der Waals surface area contributed by atoms with E-state index in [0.29, 0.717) is 18.7 Å². The van der Waals surface area contributed by atoms with Gasteiger partial charge in [0.05, 0.1) is 30.0 Å². The number of nitrogens with zero attached hydrogens (tertiary/aromatic N) is 3. The summed E-state index contributed by atoms with van der Waals surface area (Å²) in [5.41, 5.74) is 8.22. The zero-order valence-corrected chi connectivity index (χ0v) is 13.6. The van der Waals surface area contributed by atoms with Gasteiger partial charge >= 0.3 is 0 Å². The van der Waals surface area contributed by atoms with Gasteiger partial charge in [0.15, 0.2) is 0 Å². The van der Waals surface area contributed by atoms with Gasteiger partial charge in [-0.3, -0.25) is 14.5 Å². The lowest BCUT2D eigenvalue weighted by Crippen LogP contribution is -2.27. The van der Waals surface area contributed by atoms with Crippen molar-refractivity contribution in [2.75, 3.05) is 6.54 Å². The van der Waals surface area contributed by atoms with Gasteiger partial charge in [0.2, 0.25) is 0 Å². The lowest BCUT2D eigenvalue weighted by Gasteiger charge is -2.12. The van der Waals surface area contributed by atoms with Crippen LogP contribution in [0.4, 0.5) is 0 Å². The number of carbonyl (C=O) groups excluding carboxylic acids is 1. The summed E-state index contributed by atoms with van der Waals surface area (Å²) < 4.78 is 1.68. The zero-order chi connectivity index (χ0) is 13.9. The fourth-order valence-electron chi connectivity index (χ4n) is 2.53. The molecule has 0 spiro atoms. The van der Waals surface area contributed by atoms with E-state index in [0.717, 1.165) is 18.5 Å². The number of nitrogens with one attached hydrogen (secondary N) is 1. The monoisotopic (exact) mass is 343 g/mol. The normalized spacial score (nSPS) is 15.4. The molecule has 3 rings (SSSR count). The van der Waals surface area contributed by atoms with Crippen LogP contribution < -0.4 is 11.1 Å². The van der Waals surface area contributed by atoms with E-state index in [1.807, 2.05) is 6.07 Å². The van der Waals surface area contributed by atoms with E-state index in [1.54, 1.807) is 23.3 Å². The van der Waals surface area contributed by atoms with Crippen LogP contribution in [0.25, 0.3) is 0 Å². The van der Waals surface area contributed by atoms with Crippen molar-refractivity contribution in [1.82, 2.24) is 20.1 Å². The molecular weight excluding hydrogens is 325 g/mol. The SMILES string of the molecule is Cl.Cl.NCCn1cc(C(=O)NC2CCc3cccnc32)cn1. The minimum Gasteiger partial charge on any atom is -0.344 e. The highest BCUT2D eigenvalue weighted by atomic mass is 35.5. The summed E-state index contributed by atoms with van der Waals surface area (Å²) >= 11 is 0.